The number of rotatable bonds is 3. The maximum Gasteiger partial charge on any atom is 0.126 e. The molecular weight excluding hydrogens is 198 g/mol. The summed E-state index contributed by atoms with van der Waals surface area (Å²) in [7, 11) is 1.74. The van der Waals surface area contributed by atoms with Gasteiger partial charge in [-0.15, -0.1) is 0 Å². The minimum absolute atomic E-state index is 0.129. The van der Waals surface area contributed by atoms with E-state index < -0.39 is 0 Å². The molecule has 0 fully saturated rings. The Morgan fingerprint density at radius 2 is 1.81 bits per heavy atom. The molecule has 1 rings (SSSR count). The van der Waals surface area contributed by atoms with Gasteiger partial charge in [0, 0.05) is 17.6 Å². The molecule has 0 aromatic heterocycles. The van der Waals surface area contributed by atoms with E-state index in [1.165, 1.54) is 16.7 Å². The molecule has 0 atom stereocenters. The Morgan fingerprint density at radius 3 is 2.31 bits per heavy atom. The van der Waals surface area contributed by atoms with Crippen LogP contribution in [0.15, 0.2) is 12.1 Å². The van der Waals surface area contributed by atoms with Gasteiger partial charge < -0.3 is 10.1 Å². The van der Waals surface area contributed by atoms with Crippen LogP contribution in [0.5, 0.6) is 5.75 Å². The van der Waals surface area contributed by atoms with E-state index in [1.807, 2.05) is 0 Å². The number of methoxy groups -OCH3 is 1. The molecule has 0 amide bonds. The predicted molar refractivity (Wildman–Crippen MR) is 69.1 cm³/mol. The van der Waals surface area contributed by atoms with Crippen LogP contribution in [0.1, 0.15) is 37.5 Å². The molecule has 0 spiro atoms. The van der Waals surface area contributed by atoms with Crippen LogP contribution in [0, 0.1) is 13.8 Å². The van der Waals surface area contributed by atoms with Crippen molar-refractivity contribution in [3.63, 3.8) is 0 Å². The summed E-state index contributed by atoms with van der Waals surface area (Å²) >= 11 is 0. The van der Waals surface area contributed by atoms with Gasteiger partial charge in [0.15, 0.2) is 0 Å². The molecule has 1 N–H and O–H groups in total. The molecular formula is C14H23NO. The SMILES string of the molecule is COc1c(CNC(C)(C)C)ccc(C)c1C. The van der Waals surface area contributed by atoms with Crippen molar-refractivity contribution in [3.8, 4) is 5.75 Å². The lowest BCUT2D eigenvalue weighted by Gasteiger charge is -2.22. The highest BCUT2D eigenvalue weighted by Crippen LogP contribution is 2.26. The van der Waals surface area contributed by atoms with Gasteiger partial charge in [-0.2, -0.15) is 0 Å². The predicted octanol–water partition coefficient (Wildman–Crippen LogP) is 3.20. The van der Waals surface area contributed by atoms with E-state index in [0.717, 1.165) is 12.3 Å². The molecule has 0 aliphatic heterocycles. The highest BCUT2D eigenvalue weighted by molar-refractivity contribution is 5.45. The van der Waals surface area contributed by atoms with Crippen LogP contribution in [0.25, 0.3) is 0 Å². The zero-order valence-corrected chi connectivity index (χ0v) is 11.3. The molecule has 0 aliphatic carbocycles. The molecule has 0 heterocycles. The largest absolute Gasteiger partial charge is 0.496 e. The number of ether oxygens (including phenoxy) is 1. The van der Waals surface area contributed by atoms with Crippen molar-refractivity contribution in [2.24, 2.45) is 0 Å². The van der Waals surface area contributed by atoms with Crippen molar-refractivity contribution >= 4 is 0 Å². The zero-order chi connectivity index (χ0) is 12.3. The number of benzene rings is 1. The molecule has 0 saturated carbocycles. The first-order valence-electron chi connectivity index (χ1n) is 5.73. The van der Waals surface area contributed by atoms with Crippen molar-refractivity contribution < 1.29 is 4.74 Å². The summed E-state index contributed by atoms with van der Waals surface area (Å²) in [5, 5.41) is 3.48. The Kier molecular flexibility index (Phi) is 3.98. The average Bonchev–Trinajstić information content (AvgIpc) is 2.18. The molecule has 0 unspecified atom stereocenters. The second-order valence-electron chi connectivity index (χ2n) is 5.30. The molecule has 2 heteroatoms. The Morgan fingerprint density at radius 1 is 1.19 bits per heavy atom. The fourth-order valence-electron chi connectivity index (χ4n) is 1.63. The Balaban J connectivity index is 2.92. The van der Waals surface area contributed by atoms with Gasteiger partial charge in [0.25, 0.3) is 0 Å². The van der Waals surface area contributed by atoms with Gasteiger partial charge in [0.05, 0.1) is 7.11 Å². The third-order valence-electron chi connectivity index (χ3n) is 2.77. The average molecular weight is 221 g/mol. The first kappa shape index (κ1) is 13.0. The van der Waals surface area contributed by atoms with E-state index in [1.54, 1.807) is 7.11 Å². The maximum absolute atomic E-state index is 5.48. The van der Waals surface area contributed by atoms with Crippen LogP contribution in [0.2, 0.25) is 0 Å². The minimum Gasteiger partial charge on any atom is -0.496 e. The number of nitrogens with one attached hydrogen (secondary N) is 1. The second kappa shape index (κ2) is 4.88. The molecule has 0 bridgehead atoms. The van der Waals surface area contributed by atoms with Crippen LogP contribution in [-0.2, 0) is 6.54 Å². The number of aryl methyl sites for hydroxylation is 1. The van der Waals surface area contributed by atoms with Crippen LogP contribution < -0.4 is 10.1 Å². The Bertz CT molecular complexity index is 364. The van der Waals surface area contributed by atoms with Crippen LogP contribution in [-0.4, -0.2) is 12.6 Å². The zero-order valence-electron chi connectivity index (χ0n) is 11.3. The molecule has 0 radical (unpaired) electrons. The normalized spacial score (nSPS) is 11.6. The van der Waals surface area contributed by atoms with Gasteiger partial charge in [-0.05, 0) is 45.7 Å². The minimum atomic E-state index is 0.129. The second-order valence-corrected chi connectivity index (χ2v) is 5.30. The van der Waals surface area contributed by atoms with Crippen molar-refractivity contribution in [1.82, 2.24) is 5.32 Å². The van der Waals surface area contributed by atoms with Crippen LogP contribution in [0.4, 0.5) is 0 Å². The van der Waals surface area contributed by atoms with Gasteiger partial charge in [-0.3, -0.25) is 0 Å². The summed E-state index contributed by atoms with van der Waals surface area (Å²) in [5.74, 6) is 1.01. The standard InChI is InChI=1S/C14H23NO/c1-10-7-8-12(9-15-14(3,4)5)13(16-6)11(10)2/h7-8,15H,9H2,1-6H3. The summed E-state index contributed by atoms with van der Waals surface area (Å²) in [6, 6.07) is 4.29. The molecule has 2 nitrogen and oxygen atoms in total. The van der Waals surface area contributed by atoms with E-state index in [2.05, 4.69) is 52.1 Å². The lowest BCUT2D eigenvalue weighted by Crippen LogP contribution is -2.35. The Labute approximate surface area is 99.0 Å². The first-order chi connectivity index (χ1) is 7.35. The van der Waals surface area contributed by atoms with Crippen LogP contribution >= 0.6 is 0 Å². The summed E-state index contributed by atoms with van der Waals surface area (Å²) in [6.45, 7) is 11.6. The van der Waals surface area contributed by atoms with Crippen LogP contribution in [0.3, 0.4) is 0 Å². The fraction of sp³-hybridized carbons (Fsp3) is 0.571. The Hall–Kier alpha value is -1.02. The molecule has 1 aromatic carbocycles. The summed E-state index contributed by atoms with van der Waals surface area (Å²) in [6.07, 6.45) is 0. The molecule has 1 aromatic rings. The quantitative estimate of drug-likeness (QED) is 0.846. The van der Waals surface area contributed by atoms with Gasteiger partial charge in [0.2, 0.25) is 0 Å². The summed E-state index contributed by atoms with van der Waals surface area (Å²) in [5.41, 5.74) is 3.86. The molecule has 0 saturated heterocycles. The smallest absolute Gasteiger partial charge is 0.126 e. The highest BCUT2D eigenvalue weighted by Gasteiger charge is 2.12. The van der Waals surface area contributed by atoms with E-state index >= 15 is 0 Å². The maximum atomic E-state index is 5.48. The monoisotopic (exact) mass is 221 g/mol. The summed E-state index contributed by atoms with van der Waals surface area (Å²) < 4.78 is 5.48. The first-order valence-corrected chi connectivity index (χ1v) is 5.73. The van der Waals surface area contributed by atoms with Gasteiger partial charge in [-0.25, -0.2) is 0 Å². The number of hydrogen-bond donors (Lipinski definition) is 1. The van der Waals surface area contributed by atoms with E-state index in [4.69, 9.17) is 4.74 Å². The van der Waals surface area contributed by atoms with Crippen molar-refractivity contribution in [2.45, 2.75) is 46.7 Å². The van der Waals surface area contributed by atoms with E-state index in [0.29, 0.717) is 0 Å². The third-order valence-corrected chi connectivity index (χ3v) is 2.77. The van der Waals surface area contributed by atoms with E-state index in [9.17, 15) is 0 Å². The van der Waals surface area contributed by atoms with Crippen molar-refractivity contribution in [1.29, 1.82) is 0 Å². The van der Waals surface area contributed by atoms with Gasteiger partial charge >= 0.3 is 0 Å². The van der Waals surface area contributed by atoms with Gasteiger partial charge in [0.1, 0.15) is 5.75 Å². The fourth-order valence-corrected chi connectivity index (χ4v) is 1.63. The van der Waals surface area contributed by atoms with Gasteiger partial charge in [-0.1, -0.05) is 12.1 Å². The number of hydrogen-bond acceptors (Lipinski definition) is 2. The third kappa shape index (κ3) is 3.24. The molecule has 90 valence electrons. The molecule has 0 aliphatic rings. The van der Waals surface area contributed by atoms with Crippen molar-refractivity contribution in [3.05, 3.63) is 28.8 Å². The highest BCUT2D eigenvalue weighted by atomic mass is 16.5. The molecule has 16 heavy (non-hydrogen) atoms. The van der Waals surface area contributed by atoms with Crippen molar-refractivity contribution in [2.75, 3.05) is 7.11 Å². The topological polar surface area (TPSA) is 21.3 Å². The lowest BCUT2D eigenvalue weighted by molar-refractivity contribution is 0.389. The van der Waals surface area contributed by atoms with E-state index in [-0.39, 0.29) is 5.54 Å². The lowest BCUT2D eigenvalue weighted by atomic mass is 10.0. The summed E-state index contributed by atoms with van der Waals surface area (Å²) in [4.78, 5) is 0.